The molecule has 16 heavy (non-hydrogen) atoms. The Bertz CT molecular complexity index is 415. The number of hydrogen-bond donors (Lipinski definition) is 2. The summed E-state index contributed by atoms with van der Waals surface area (Å²) in [6.07, 6.45) is 0.116. The molecule has 4 nitrogen and oxygen atoms in total. The fourth-order valence-electron chi connectivity index (χ4n) is 1.29. The van der Waals surface area contributed by atoms with E-state index in [-0.39, 0.29) is 12.3 Å². The molecule has 1 aromatic rings. The second kappa shape index (κ2) is 4.97. The van der Waals surface area contributed by atoms with E-state index in [2.05, 4.69) is 21.2 Å². The van der Waals surface area contributed by atoms with Crippen LogP contribution in [0.2, 0.25) is 0 Å². The van der Waals surface area contributed by atoms with Gasteiger partial charge in [-0.2, -0.15) is 0 Å². The van der Waals surface area contributed by atoms with Crippen molar-refractivity contribution >= 4 is 39.1 Å². The van der Waals surface area contributed by atoms with Crippen LogP contribution >= 0.6 is 27.3 Å². The number of carbonyl (C=O) groups excluding carboxylic acids is 2. The maximum absolute atomic E-state index is 11.8. The molecule has 0 spiro atoms. The Balaban J connectivity index is 2.67. The average molecular weight is 305 g/mol. The molecule has 1 aromatic heterocycles. The zero-order chi connectivity index (χ0) is 12.3. The van der Waals surface area contributed by atoms with Crippen LogP contribution in [0.3, 0.4) is 0 Å². The van der Waals surface area contributed by atoms with Crippen molar-refractivity contribution in [3.05, 3.63) is 20.8 Å². The molecule has 0 aliphatic heterocycles. The average Bonchev–Trinajstić information content (AvgIpc) is 2.47. The van der Waals surface area contributed by atoms with Gasteiger partial charge in [0.2, 0.25) is 5.91 Å². The van der Waals surface area contributed by atoms with Crippen molar-refractivity contribution < 1.29 is 9.59 Å². The van der Waals surface area contributed by atoms with Gasteiger partial charge < -0.3 is 11.1 Å². The highest BCUT2D eigenvalue weighted by molar-refractivity contribution is 9.11. The van der Waals surface area contributed by atoms with Crippen LogP contribution in [0, 0.1) is 0 Å². The Morgan fingerprint density at radius 1 is 1.50 bits per heavy atom. The number of thiophene rings is 1. The van der Waals surface area contributed by atoms with Crippen molar-refractivity contribution in [3.8, 4) is 0 Å². The van der Waals surface area contributed by atoms with Crippen molar-refractivity contribution in [3.63, 3.8) is 0 Å². The molecule has 0 bridgehead atoms. The van der Waals surface area contributed by atoms with Gasteiger partial charge in [-0.25, -0.2) is 0 Å². The maximum Gasteiger partial charge on any atom is 0.261 e. The predicted molar refractivity (Wildman–Crippen MR) is 67.4 cm³/mol. The highest BCUT2D eigenvalue weighted by Crippen LogP contribution is 2.22. The van der Waals surface area contributed by atoms with Crippen molar-refractivity contribution in [2.75, 3.05) is 0 Å². The summed E-state index contributed by atoms with van der Waals surface area (Å²) in [4.78, 5) is 23.2. The van der Waals surface area contributed by atoms with E-state index in [0.717, 1.165) is 3.79 Å². The molecule has 6 heteroatoms. The molecule has 0 aliphatic rings. The fraction of sp³-hybridized carbons (Fsp3) is 0.400. The van der Waals surface area contributed by atoms with Crippen LogP contribution in [-0.2, 0) is 4.79 Å². The molecule has 88 valence electrons. The molecule has 1 heterocycles. The lowest BCUT2D eigenvalue weighted by Crippen LogP contribution is -2.45. The van der Waals surface area contributed by atoms with Gasteiger partial charge in [-0.1, -0.05) is 0 Å². The second-order valence-corrected chi connectivity index (χ2v) is 6.55. The van der Waals surface area contributed by atoms with Gasteiger partial charge in [0, 0.05) is 12.0 Å². The van der Waals surface area contributed by atoms with Crippen molar-refractivity contribution in [2.24, 2.45) is 5.73 Å². The van der Waals surface area contributed by atoms with Gasteiger partial charge in [0.25, 0.3) is 5.91 Å². The maximum atomic E-state index is 11.8. The summed E-state index contributed by atoms with van der Waals surface area (Å²) in [6.45, 7) is 3.52. The van der Waals surface area contributed by atoms with Gasteiger partial charge in [0.05, 0.1) is 8.66 Å². The third kappa shape index (κ3) is 3.94. The zero-order valence-corrected chi connectivity index (χ0v) is 11.4. The third-order valence-corrected chi connectivity index (χ3v) is 3.49. The molecule has 2 amide bonds. The van der Waals surface area contributed by atoms with Crippen LogP contribution in [0.1, 0.15) is 29.9 Å². The first-order valence-corrected chi connectivity index (χ1v) is 6.27. The van der Waals surface area contributed by atoms with Crippen LogP contribution in [0.25, 0.3) is 0 Å². The number of primary amides is 1. The van der Waals surface area contributed by atoms with E-state index in [1.807, 2.05) is 0 Å². The van der Waals surface area contributed by atoms with Crippen LogP contribution in [0.4, 0.5) is 0 Å². The minimum atomic E-state index is -0.626. The summed E-state index contributed by atoms with van der Waals surface area (Å²) in [5.41, 5.74) is 4.48. The SMILES string of the molecule is CC(C)(CC(N)=O)NC(=O)c1ccc(Br)s1. The van der Waals surface area contributed by atoms with E-state index >= 15 is 0 Å². The van der Waals surface area contributed by atoms with Crippen LogP contribution in [0.5, 0.6) is 0 Å². The molecule has 0 radical (unpaired) electrons. The smallest absolute Gasteiger partial charge is 0.261 e. The van der Waals surface area contributed by atoms with Gasteiger partial charge >= 0.3 is 0 Å². The number of carbonyl (C=O) groups is 2. The van der Waals surface area contributed by atoms with Crippen molar-refractivity contribution in [1.82, 2.24) is 5.32 Å². The summed E-state index contributed by atoms with van der Waals surface area (Å²) in [6, 6.07) is 3.53. The molecule has 0 aliphatic carbocycles. The Hall–Kier alpha value is -0.880. The summed E-state index contributed by atoms with van der Waals surface area (Å²) >= 11 is 4.63. The first-order valence-electron chi connectivity index (χ1n) is 4.66. The van der Waals surface area contributed by atoms with Gasteiger partial charge in [0.15, 0.2) is 0 Å². The highest BCUT2D eigenvalue weighted by atomic mass is 79.9. The van der Waals surface area contributed by atoms with E-state index in [9.17, 15) is 9.59 Å². The van der Waals surface area contributed by atoms with Gasteiger partial charge in [-0.15, -0.1) is 11.3 Å². The number of hydrogen-bond acceptors (Lipinski definition) is 3. The quantitative estimate of drug-likeness (QED) is 0.891. The standard InChI is InChI=1S/C10H13BrN2O2S/c1-10(2,5-8(12)14)13-9(15)6-3-4-7(11)16-6/h3-4H,5H2,1-2H3,(H2,12,14)(H,13,15). The van der Waals surface area contributed by atoms with Crippen molar-refractivity contribution in [1.29, 1.82) is 0 Å². The Labute approximate surface area is 106 Å². The highest BCUT2D eigenvalue weighted by Gasteiger charge is 2.23. The molecule has 0 fully saturated rings. The van der Waals surface area contributed by atoms with E-state index in [1.165, 1.54) is 11.3 Å². The van der Waals surface area contributed by atoms with E-state index in [4.69, 9.17) is 5.73 Å². The van der Waals surface area contributed by atoms with Crippen LogP contribution in [-0.4, -0.2) is 17.4 Å². The lowest BCUT2D eigenvalue weighted by Gasteiger charge is -2.24. The first kappa shape index (κ1) is 13.2. The summed E-state index contributed by atoms with van der Waals surface area (Å²) in [7, 11) is 0. The molecular weight excluding hydrogens is 292 g/mol. The molecule has 0 atom stereocenters. The fourth-order valence-corrected chi connectivity index (χ4v) is 2.57. The summed E-state index contributed by atoms with van der Waals surface area (Å²) in [5, 5.41) is 2.77. The van der Waals surface area contributed by atoms with Gasteiger partial charge in [-0.05, 0) is 41.9 Å². The number of nitrogens with one attached hydrogen (secondary N) is 1. The number of rotatable bonds is 4. The zero-order valence-electron chi connectivity index (χ0n) is 9.04. The van der Waals surface area contributed by atoms with E-state index in [1.54, 1.807) is 26.0 Å². The number of amides is 2. The molecule has 0 unspecified atom stereocenters. The minimum absolute atomic E-state index is 0.116. The largest absolute Gasteiger partial charge is 0.370 e. The molecular formula is C10H13BrN2O2S. The van der Waals surface area contributed by atoms with Crippen molar-refractivity contribution in [2.45, 2.75) is 25.8 Å². The summed E-state index contributed by atoms with van der Waals surface area (Å²) < 4.78 is 0.894. The third-order valence-electron chi connectivity index (χ3n) is 1.87. The van der Waals surface area contributed by atoms with Gasteiger partial charge in [-0.3, -0.25) is 9.59 Å². The Morgan fingerprint density at radius 3 is 2.56 bits per heavy atom. The molecule has 3 N–H and O–H groups in total. The van der Waals surface area contributed by atoms with Crippen LogP contribution < -0.4 is 11.1 Å². The summed E-state index contributed by atoms with van der Waals surface area (Å²) in [5.74, 6) is -0.625. The predicted octanol–water partition coefficient (Wildman–Crippen LogP) is 1.89. The number of nitrogens with two attached hydrogens (primary N) is 1. The molecule has 0 saturated heterocycles. The first-order chi connectivity index (χ1) is 7.30. The lowest BCUT2D eigenvalue weighted by molar-refractivity contribution is -0.119. The Morgan fingerprint density at radius 2 is 2.12 bits per heavy atom. The molecule has 0 aromatic carbocycles. The normalized spacial score (nSPS) is 11.2. The Kier molecular flexibility index (Phi) is 4.09. The number of halogens is 1. The van der Waals surface area contributed by atoms with Crippen LogP contribution in [0.15, 0.2) is 15.9 Å². The van der Waals surface area contributed by atoms with Gasteiger partial charge in [0.1, 0.15) is 0 Å². The lowest BCUT2D eigenvalue weighted by atomic mass is 10.0. The minimum Gasteiger partial charge on any atom is -0.370 e. The monoisotopic (exact) mass is 304 g/mol. The van der Waals surface area contributed by atoms with E-state index in [0.29, 0.717) is 4.88 Å². The second-order valence-electron chi connectivity index (χ2n) is 4.08. The van der Waals surface area contributed by atoms with E-state index < -0.39 is 11.4 Å². The topological polar surface area (TPSA) is 72.2 Å². The molecule has 0 saturated carbocycles. The molecule has 1 rings (SSSR count).